The Bertz CT molecular complexity index is 899. The molecule has 0 bridgehead atoms. The molecule has 0 radical (unpaired) electrons. The van der Waals surface area contributed by atoms with Crippen molar-refractivity contribution in [2.45, 2.75) is 32.7 Å². The lowest BCUT2D eigenvalue weighted by molar-refractivity contribution is -0.117. The molecule has 1 aliphatic heterocycles. The van der Waals surface area contributed by atoms with E-state index in [1.165, 1.54) is 0 Å². The third kappa shape index (κ3) is 2.47. The van der Waals surface area contributed by atoms with Crippen molar-refractivity contribution in [3.63, 3.8) is 0 Å². The molecule has 1 aromatic carbocycles. The average molecular weight is 324 g/mol. The lowest BCUT2D eigenvalue weighted by Gasteiger charge is -2.21. The minimum Gasteiger partial charge on any atom is -0.361 e. The summed E-state index contributed by atoms with van der Waals surface area (Å²) in [6.45, 7) is 3.38. The molecule has 0 aliphatic carbocycles. The van der Waals surface area contributed by atoms with Gasteiger partial charge in [-0.2, -0.15) is 4.98 Å². The van der Waals surface area contributed by atoms with Crippen molar-refractivity contribution in [1.29, 1.82) is 0 Å². The van der Waals surface area contributed by atoms with Crippen molar-refractivity contribution in [1.82, 2.24) is 15.3 Å². The first-order chi connectivity index (χ1) is 11.6. The summed E-state index contributed by atoms with van der Waals surface area (Å²) in [4.78, 5) is 18.3. The Morgan fingerprint density at radius 1 is 1.29 bits per heavy atom. The van der Waals surface area contributed by atoms with E-state index < -0.39 is 0 Å². The zero-order valence-corrected chi connectivity index (χ0v) is 13.4. The number of aryl methyl sites for hydroxylation is 1. The maximum atomic E-state index is 12.1. The molecular weight excluding hydrogens is 308 g/mol. The average Bonchev–Trinajstić information content (AvgIpc) is 3.25. The second kappa shape index (κ2) is 5.59. The molecule has 7 heteroatoms. The molecule has 2 aromatic heterocycles. The van der Waals surface area contributed by atoms with E-state index in [1.807, 2.05) is 37.3 Å². The van der Waals surface area contributed by atoms with Gasteiger partial charge in [0.2, 0.25) is 11.8 Å². The van der Waals surface area contributed by atoms with Gasteiger partial charge in [-0.3, -0.25) is 9.69 Å². The Hall–Kier alpha value is -2.96. The van der Waals surface area contributed by atoms with Crippen LogP contribution in [0.4, 0.5) is 5.69 Å². The molecular formula is C17H16N4O3. The summed E-state index contributed by atoms with van der Waals surface area (Å²) < 4.78 is 10.5. The molecule has 122 valence electrons. The zero-order chi connectivity index (χ0) is 16.7. The molecule has 3 heterocycles. The van der Waals surface area contributed by atoms with E-state index in [9.17, 15) is 4.79 Å². The van der Waals surface area contributed by atoms with Crippen molar-refractivity contribution >= 4 is 11.6 Å². The number of aromatic nitrogens is 3. The largest absolute Gasteiger partial charge is 0.361 e. The van der Waals surface area contributed by atoms with Crippen molar-refractivity contribution in [3.05, 3.63) is 59.1 Å². The Morgan fingerprint density at radius 3 is 2.88 bits per heavy atom. The van der Waals surface area contributed by atoms with E-state index in [1.54, 1.807) is 11.8 Å². The zero-order valence-electron chi connectivity index (χ0n) is 13.4. The smallest absolute Gasteiger partial charge is 0.250 e. The van der Waals surface area contributed by atoms with E-state index >= 15 is 0 Å². The fourth-order valence-corrected chi connectivity index (χ4v) is 3.11. The van der Waals surface area contributed by atoms with Gasteiger partial charge in [-0.1, -0.05) is 28.5 Å². The lowest BCUT2D eigenvalue weighted by atomic mass is 10.1. The number of hydrogen-bond acceptors (Lipinski definition) is 6. The highest BCUT2D eigenvalue weighted by Crippen LogP contribution is 2.39. The monoisotopic (exact) mass is 324 g/mol. The van der Waals surface area contributed by atoms with E-state index in [0.29, 0.717) is 24.6 Å². The van der Waals surface area contributed by atoms with E-state index in [-0.39, 0.29) is 11.9 Å². The van der Waals surface area contributed by atoms with Crippen molar-refractivity contribution in [2.24, 2.45) is 0 Å². The molecule has 0 N–H and O–H groups in total. The van der Waals surface area contributed by atoms with Gasteiger partial charge >= 0.3 is 0 Å². The van der Waals surface area contributed by atoms with Gasteiger partial charge in [0.15, 0.2) is 5.82 Å². The number of anilines is 1. The fourth-order valence-electron chi connectivity index (χ4n) is 3.11. The first kappa shape index (κ1) is 14.6. The molecule has 1 amide bonds. The van der Waals surface area contributed by atoms with Crippen LogP contribution in [0.5, 0.6) is 0 Å². The topological polar surface area (TPSA) is 85.3 Å². The van der Waals surface area contributed by atoms with E-state index in [0.717, 1.165) is 22.7 Å². The first-order valence-corrected chi connectivity index (χ1v) is 7.74. The molecule has 4 rings (SSSR count). The number of amides is 1. The first-order valence-electron chi connectivity index (χ1n) is 7.74. The van der Waals surface area contributed by atoms with Gasteiger partial charge in [0, 0.05) is 25.1 Å². The number of nitrogens with zero attached hydrogens (tertiary/aromatic N) is 4. The Morgan fingerprint density at radius 2 is 2.12 bits per heavy atom. The maximum absolute atomic E-state index is 12.1. The van der Waals surface area contributed by atoms with Gasteiger partial charge < -0.3 is 9.05 Å². The van der Waals surface area contributed by atoms with Gasteiger partial charge in [0.05, 0.1) is 12.1 Å². The van der Waals surface area contributed by atoms with Gasteiger partial charge in [-0.15, -0.1) is 0 Å². The number of fused-ring (bicyclic) bond motifs is 1. The van der Waals surface area contributed by atoms with Crippen LogP contribution in [0, 0.1) is 6.92 Å². The summed E-state index contributed by atoms with van der Waals surface area (Å²) in [7, 11) is 0. The minimum absolute atomic E-state index is 0.0446. The standard InChI is InChI=1S/C17H16N4O3/c1-10-7-13(19-23-10)9-16-18-17(24-20-16)15-8-12-5-3-4-6-14(12)21(15)11(2)22/h3-7,15H,8-9H2,1-2H3/t15-/m0/s1. The quantitative estimate of drug-likeness (QED) is 0.736. The van der Waals surface area contributed by atoms with Gasteiger partial charge in [0.1, 0.15) is 11.8 Å². The van der Waals surface area contributed by atoms with Crippen LogP contribution in [0.3, 0.4) is 0 Å². The number of carbonyl (C=O) groups is 1. The van der Waals surface area contributed by atoms with Crippen LogP contribution in [0.25, 0.3) is 0 Å². The highest BCUT2D eigenvalue weighted by atomic mass is 16.5. The van der Waals surface area contributed by atoms with Crippen LogP contribution < -0.4 is 4.90 Å². The normalized spacial score (nSPS) is 16.4. The van der Waals surface area contributed by atoms with Crippen molar-refractivity contribution < 1.29 is 13.8 Å². The number of benzene rings is 1. The number of hydrogen-bond donors (Lipinski definition) is 0. The SMILES string of the molecule is CC(=O)N1c2ccccc2C[C@H]1c1nc(Cc2cc(C)on2)no1. The number of carbonyl (C=O) groups excluding carboxylic acids is 1. The van der Waals surface area contributed by atoms with Crippen molar-refractivity contribution in [3.8, 4) is 0 Å². The van der Waals surface area contributed by atoms with Gasteiger partial charge in [0.25, 0.3) is 0 Å². The summed E-state index contributed by atoms with van der Waals surface area (Å²) >= 11 is 0. The molecule has 0 saturated carbocycles. The Balaban J connectivity index is 1.61. The molecule has 24 heavy (non-hydrogen) atoms. The number of rotatable bonds is 3. The molecule has 1 atom stereocenters. The summed E-state index contributed by atoms with van der Waals surface area (Å²) in [5.74, 6) is 1.66. The molecule has 0 spiro atoms. The van der Waals surface area contributed by atoms with Crippen LogP contribution in [-0.2, 0) is 17.6 Å². The lowest BCUT2D eigenvalue weighted by Crippen LogP contribution is -2.30. The predicted molar refractivity (Wildman–Crippen MR) is 84.4 cm³/mol. The number of para-hydroxylation sites is 1. The van der Waals surface area contributed by atoms with Crippen LogP contribution in [0.15, 0.2) is 39.4 Å². The Labute approximate surface area is 138 Å². The van der Waals surface area contributed by atoms with Crippen LogP contribution in [-0.4, -0.2) is 21.2 Å². The second-order valence-electron chi connectivity index (χ2n) is 5.89. The second-order valence-corrected chi connectivity index (χ2v) is 5.89. The van der Waals surface area contributed by atoms with E-state index in [2.05, 4.69) is 15.3 Å². The highest BCUT2D eigenvalue weighted by molar-refractivity contribution is 5.94. The Kier molecular flexibility index (Phi) is 3.41. The molecule has 1 aliphatic rings. The van der Waals surface area contributed by atoms with Crippen molar-refractivity contribution in [2.75, 3.05) is 4.90 Å². The third-order valence-electron chi connectivity index (χ3n) is 4.10. The summed E-state index contributed by atoms with van der Waals surface area (Å²) in [5.41, 5.74) is 2.75. The minimum atomic E-state index is -0.264. The molecule has 7 nitrogen and oxygen atoms in total. The van der Waals surface area contributed by atoms with Crippen LogP contribution in [0.2, 0.25) is 0 Å². The van der Waals surface area contributed by atoms with Gasteiger partial charge in [-0.25, -0.2) is 0 Å². The van der Waals surface area contributed by atoms with Gasteiger partial charge in [-0.05, 0) is 18.6 Å². The molecule has 3 aromatic rings. The summed E-state index contributed by atoms with van der Waals surface area (Å²) in [6.07, 6.45) is 1.10. The summed E-state index contributed by atoms with van der Waals surface area (Å²) in [5, 5.41) is 7.95. The maximum Gasteiger partial charge on any atom is 0.250 e. The van der Waals surface area contributed by atoms with E-state index in [4.69, 9.17) is 9.05 Å². The summed E-state index contributed by atoms with van der Waals surface area (Å²) in [6, 6.07) is 9.41. The molecule has 0 unspecified atom stereocenters. The molecule has 0 fully saturated rings. The van der Waals surface area contributed by atoms with Crippen LogP contribution >= 0.6 is 0 Å². The third-order valence-corrected chi connectivity index (χ3v) is 4.10. The highest BCUT2D eigenvalue weighted by Gasteiger charge is 2.36. The van der Waals surface area contributed by atoms with Crippen LogP contribution in [0.1, 0.15) is 41.7 Å². The fraction of sp³-hybridized carbons (Fsp3) is 0.294. The predicted octanol–water partition coefficient (Wildman–Crippen LogP) is 2.61. The molecule has 0 saturated heterocycles.